The van der Waals surface area contributed by atoms with Gasteiger partial charge in [-0.3, -0.25) is 4.68 Å². The first kappa shape index (κ1) is 8.69. The smallest absolute Gasteiger partial charge is 0.122 e. The maximum absolute atomic E-state index is 13.3. The number of rotatable bonds is 2. The van der Waals surface area contributed by atoms with E-state index in [4.69, 9.17) is 5.73 Å². The molecule has 0 bridgehead atoms. The van der Waals surface area contributed by atoms with E-state index in [-0.39, 0.29) is 6.04 Å². The predicted molar refractivity (Wildman–Crippen MR) is 47.9 cm³/mol. The number of alkyl halides is 1. The zero-order valence-corrected chi connectivity index (χ0v) is 7.49. The van der Waals surface area contributed by atoms with Gasteiger partial charge in [-0.2, -0.15) is 5.10 Å². The number of nitrogens with two attached hydrogens (primary N) is 1. The Labute approximate surface area is 76.7 Å². The van der Waals surface area contributed by atoms with E-state index < -0.39 is 6.17 Å². The lowest BCUT2D eigenvalue weighted by atomic mass is 10.2. The summed E-state index contributed by atoms with van der Waals surface area (Å²) in [6.07, 6.45) is 5.36. The summed E-state index contributed by atoms with van der Waals surface area (Å²) in [5, 5.41) is 4.12. The van der Waals surface area contributed by atoms with Crippen LogP contribution in [0.15, 0.2) is 12.4 Å². The molecule has 1 aliphatic carbocycles. The molecule has 72 valence electrons. The Morgan fingerprint density at radius 3 is 3.00 bits per heavy atom. The summed E-state index contributed by atoms with van der Waals surface area (Å²) in [5.41, 5.74) is 6.42. The molecule has 2 atom stereocenters. The Morgan fingerprint density at radius 1 is 1.62 bits per heavy atom. The third-order valence-corrected chi connectivity index (χ3v) is 2.63. The number of halogens is 1. The molecule has 1 saturated carbocycles. The van der Waals surface area contributed by atoms with Crippen molar-refractivity contribution in [1.82, 2.24) is 9.78 Å². The molecular formula is C9H14FN3. The second-order valence-corrected chi connectivity index (χ2v) is 3.55. The van der Waals surface area contributed by atoms with Crippen LogP contribution in [0, 0.1) is 0 Å². The molecule has 0 spiro atoms. The molecule has 0 radical (unpaired) electrons. The molecule has 2 rings (SSSR count). The average molecular weight is 183 g/mol. The van der Waals surface area contributed by atoms with Crippen LogP contribution < -0.4 is 5.73 Å². The molecule has 2 N–H and O–H groups in total. The molecule has 1 aromatic heterocycles. The summed E-state index contributed by atoms with van der Waals surface area (Å²) >= 11 is 0. The van der Waals surface area contributed by atoms with Crippen molar-refractivity contribution in [2.75, 3.05) is 0 Å². The van der Waals surface area contributed by atoms with Gasteiger partial charge in [0.15, 0.2) is 0 Å². The fourth-order valence-corrected chi connectivity index (χ4v) is 1.86. The SMILES string of the molecule is NCc1cnn(C2CCCC2F)c1. The first-order chi connectivity index (χ1) is 6.31. The standard InChI is InChI=1S/C9H14FN3/c10-8-2-1-3-9(8)13-6-7(4-11)5-12-13/h5-6,8-9H,1-4,11H2. The van der Waals surface area contributed by atoms with Crippen LogP contribution in [0.4, 0.5) is 4.39 Å². The van der Waals surface area contributed by atoms with Crippen molar-refractivity contribution in [2.45, 2.75) is 38.0 Å². The van der Waals surface area contributed by atoms with Crippen LogP contribution in [-0.4, -0.2) is 16.0 Å². The minimum absolute atomic E-state index is 0.0553. The van der Waals surface area contributed by atoms with Gasteiger partial charge in [-0.1, -0.05) is 0 Å². The van der Waals surface area contributed by atoms with Crippen LogP contribution in [0.1, 0.15) is 30.9 Å². The van der Waals surface area contributed by atoms with E-state index in [0.717, 1.165) is 18.4 Å². The zero-order chi connectivity index (χ0) is 9.26. The Morgan fingerprint density at radius 2 is 2.46 bits per heavy atom. The maximum atomic E-state index is 13.3. The van der Waals surface area contributed by atoms with E-state index in [1.165, 1.54) is 0 Å². The number of hydrogen-bond donors (Lipinski definition) is 1. The lowest BCUT2D eigenvalue weighted by Crippen LogP contribution is -2.14. The van der Waals surface area contributed by atoms with Crippen LogP contribution in [-0.2, 0) is 6.54 Å². The largest absolute Gasteiger partial charge is 0.326 e. The lowest BCUT2D eigenvalue weighted by Gasteiger charge is -2.12. The van der Waals surface area contributed by atoms with Crippen LogP contribution in [0.25, 0.3) is 0 Å². The first-order valence-corrected chi connectivity index (χ1v) is 4.68. The van der Waals surface area contributed by atoms with Gasteiger partial charge in [-0.05, 0) is 19.3 Å². The monoisotopic (exact) mass is 183 g/mol. The van der Waals surface area contributed by atoms with Gasteiger partial charge < -0.3 is 5.73 Å². The highest BCUT2D eigenvalue weighted by Crippen LogP contribution is 2.31. The van der Waals surface area contributed by atoms with Crippen LogP contribution in [0.3, 0.4) is 0 Å². The van der Waals surface area contributed by atoms with Crippen molar-refractivity contribution in [3.8, 4) is 0 Å². The van der Waals surface area contributed by atoms with E-state index in [0.29, 0.717) is 13.0 Å². The summed E-state index contributed by atoms with van der Waals surface area (Å²) in [4.78, 5) is 0. The quantitative estimate of drug-likeness (QED) is 0.753. The zero-order valence-electron chi connectivity index (χ0n) is 7.49. The topological polar surface area (TPSA) is 43.8 Å². The third-order valence-electron chi connectivity index (χ3n) is 2.63. The molecule has 13 heavy (non-hydrogen) atoms. The van der Waals surface area contributed by atoms with Gasteiger partial charge in [0.2, 0.25) is 0 Å². The van der Waals surface area contributed by atoms with Gasteiger partial charge >= 0.3 is 0 Å². The van der Waals surface area contributed by atoms with Gasteiger partial charge in [0.05, 0.1) is 12.2 Å². The molecule has 1 aromatic rings. The van der Waals surface area contributed by atoms with Crippen LogP contribution in [0.2, 0.25) is 0 Å². The molecule has 0 aliphatic heterocycles. The maximum Gasteiger partial charge on any atom is 0.122 e. The number of hydrogen-bond acceptors (Lipinski definition) is 2. The molecule has 2 unspecified atom stereocenters. The average Bonchev–Trinajstić information content (AvgIpc) is 2.71. The molecular weight excluding hydrogens is 169 g/mol. The number of aromatic nitrogens is 2. The van der Waals surface area contributed by atoms with Crippen LogP contribution >= 0.6 is 0 Å². The Balaban J connectivity index is 2.15. The van der Waals surface area contributed by atoms with E-state index in [2.05, 4.69) is 5.10 Å². The van der Waals surface area contributed by atoms with Crippen LogP contribution in [0.5, 0.6) is 0 Å². The highest BCUT2D eigenvalue weighted by molar-refractivity contribution is 5.04. The van der Waals surface area contributed by atoms with Crippen molar-refractivity contribution in [3.63, 3.8) is 0 Å². The summed E-state index contributed by atoms with van der Waals surface area (Å²) in [7, 11) is 0. The molecule has 0 aromatic carbocycles. The highest BCUT2D eigenvalue weighted by atomic mass is 19.1. The molecule has 1 fully saturated rings. The molecule has 4 heteroatoms. The minimum Gasteiger partial charge on any atom is -0.326 e. The van der Waals surface area contributed by atoms with Gasteiger partial charge in [-0.25, -0.2) is 4.39 Å². The molecule has 0 saturated heterocycles. The van der Waals surface area contributed by atoms with Crippen molar-refractivity contribution in [1.29, 1.82) is 0 Å². The Hall–Kier alpha value is -0.900. The van der Waals surface area contributed by atoms with Gasteiger partial charge in [0, 0.05) is 18.3 Å². The normalized spacial score (nSPS) is 28.2. The summed E-state index contributed by atoms with van der Waals surface area (Å²) < 4.78 is 15.0. The molecule has 1 heterocycles. The summed E-state index contributed by atoms with van der Waals surface area (Å²) in [6.45, 7) is 0.476. The van der Waals surface area contributed by atoms with E-state index in [1.807, 2.05) is 6.20 Å². The lowest BCUT2D eigenvalue weighted by molar-refractivity contribution is 0.250. The Bertz CT molecular complexity index is 284. The fourth-order valence-electron chi connectivity index (χ4n) is 1.86. The fraction of sp³-hybridized carbons (Fsp3) is 0.667. The van der Waals surface area contributed by atoms with E-state index in [9.17, 15) is 4.39 Å². The van der Waals surface area contributed by atoms with Crippen molar-refractivity contribution in [3.05, 3.63) is 18.0 Å². The van der Waals surface area contributed by atoms with Gasteiger partial charge in [0.25, 0.3) is 0 Å². The van der Waals surface area contributed by atoms with Crippen molar-refractivity contribution in [2.24, 2.45) is 5.73 Å². The number of nitrogens with zero attached hydrogens (tertiary/aromatic N) is 2. The van der Waals surface area contributed by atoms with E-state index in [1.54, 1.807) is 10.9 Å². The van der Waals surface area contributed by atoms with E-state index >= 15 is 0 Å². The first-order valence-electron chi connectivity index (χ1n) is 4.68. The molecule has 1 aliphatic rings. The van der Waals surface area contributed by atoms with Gasteiger partial charge in [0.1, 0.15) is 6.17 Å². The molecule has 0 amide bonds. The predicted octanol–water partition coefficient (Wildman–Crippen LogP) is 1.40. The van der Waals surface area contributed by atoms with Crippen molar-refractivity contribution >= 4 is 0 Å². The van der Waals surface area contributed by atoms with Gasteiger partial charge in [-0.15, -0.1) is 0 Å². The van der Waals surface area contributed by atoms with Crippen molar-refractivity contribution < 1.29 is 4.39 Å². The second kappa shape index (κ2) is 3.46. The second-order valence-electron chi connectivity index (χ2n) is 3.55. The highest BCUT2D eigenvalue weighted by Gasteiger charge is 2.28. The minimum atomic E-state index is -0.731. The molecule has 3 nitrogen and oxygen atoms in total. The summed E-state index contributed by atoms with van der Waals surface area (Å²) in [5.74, 6) is 0. The third kappa shape index (κ3) is 1.58. The Kier molecular flexibility index (Phi) is 2.31. The summed E-state index contributed by atoms with van der Waals surface area (Å²) in [6, 6.07) is -0.0553.